The second kappa shape index (κ2) is 3.72. The van der Waals surface area contributed by atoms with Crippen LogP contribution < -0.4 is 4.90 Å². The van der Waals surface area contributed by atoms with Crippen molar-refractivity contribution in [1.29, 1.82) is 5.26 Å². The molecule has 16 heavy (non-hydrogen) atoms. The highest BCUT2D eigenvalue weighted by Crippen LogP contribution is 2.32. The van der Waals surface area contributed by atoms with Crippen LogP contribution in [0.1, 0.15) is 19.5 Å². The lowest BCUT2D eigenvalue weighted by molar-refractivity contribution is -0.0305. The largest absolute Gasteiger partial charge is 0.386 e. The zero-order valence-electron chi connectivity index (χ0n) is 9.38. The molecule has 1 aliphatic rings. The molecule has 1 N–H and O–H groups in total. The molecule has 2 heterocycles. The van der Waals surface area contributed by atoms with Gasteiger partial charge in [-0.15, -0.1) is 0 Å². The molecule has 0 atom stereocenters. The van der Waals surface area contributed by atoms with Gasteiger partial charge in [0.25, 0.3) is 0 Å². The third kappa shape index (κ3) is 1.61. The first kappa shape index (κ1) is 10.8. The molecule has 0 spiro atoms. The summed E-state index contributed by atoms with van der Waals surface area (Å²) < 4.78 is 0. The number of hydrogen-bond donors (Lipinski definition) is 1. The van der Waals surface area contributed by atoms with E-state index in [2.05, 4.69) is 9.97 Å². The number of nitriles is 1. The zero-order chi connectivity index (χ0) is 11.8. The van der Waals surface area contributed by atoms with Crippen LogP contribution in [0.5, 0.6) is 0 Å². The number of hydrogen-bond acceptors (Lipinski definition) is 5. The Kier molecular flexibility index (Phi) is 2.52. The van der Waals surface area contributed by atoms with Gasteiger partial charge < -0.3 is 10.0 Å². The van der Waals surface area contributed by atoms with Crippen molar-refractivity contribution in [3.05, 3.63) is 18.1 Å². The lowest BCUT2D eigenvalue weighted by atomic mass is 9.83. The van der Waals surface area contributed by atoms with E-state index < -0.39 is 5.60 Å². The fourth-order valence-electron chi connectivity index (χ4n) is 1.77. The summed E-state index contributed by atoms with van der Waals surface area (Å²) in [5.74, 6) is 0.765. The predicted molar refractivity (Wildman–Crippen MR) is 58.7 cm³/mol. The average Bonchev–Trinajstić information content (AvgIpc) is 2.24. The number of anilines is 1. The summed E-state index contributed by atoms with van der Waals surface area (Å²) in [7, 11) is 0. The molecular formula is C11H14N4O. The van der Waals surface area contributed by atoms with Crippen molar-refractivity contribution < 1.29 is 5.11 Å². The molecule has 1 aliphatic heterocycles. The Labute approximate surface area is 94.4 Å². The molecule has 0 aromatic carbocycles. The highest BCUT2D eigenvalue weighted by atomic mass is 16.3. The van der Waals surface area contributed by atoms with Crippen molar-refractivity contribution in [3.8, 4) is 6.07 Å². The van der Waals surface area contributed by atoms with Crippen molar-refractivity contribution in [2.45, 2.75) is 19.4 Å². The van der Waals surface area contributed by atoms with Gasteiger partial charge in [0.1, 0.15) is 11.7 Å². The SMILES string of the molecule is CC(C)C1(O)CN(c2nccnc2C#N)C1. The molecule has 0 amide bonds. The van der Waals surface area contributed by atoms with Gasteiger partial charge in [0, 0.05) is 12.4 Å². The number of aliphatic hydroxyl groups is 1. The lowest BCUT2D eigenvalue weighted by Gasteiger charge is -2.49. The Morgan fingerprint density at radius 2 is 2.06 bits per heavy atom. The van der Waals surface area contributed by atoms with E-state index in [1.807, 2.05) is 24.8 Å². The van der Waals surface area contributed by atoms with Crippen LogP contribution >= 0.6 is 0 Å². The Hall–Kier alpha value is -1.67. The third-order valence-corrected chi connectivity index (χ3v) is 3.09. The van der Waals surface area contributed by atoms with Gasteiger partial charge in [0.2, 0.25) is 0 Å². The van der Waals surface area contributed by atoms with Crippen LogP contribution in [-0.4, -0.2) is 33.8 Å². The van der Waals surface area contributed by atoms with Crippen LogP contribution in [0.3, 0.4) is 0 Å². The number of aromatic nitrogens is 2. The van der Waals surface area contributed by atoms with E-state index in [1.54, 1.807) is 6.20 Å². The Bertz CT molecular complexity index is 432. The first-order valence-electron chi connectivity index (χ1n) is 5.25. The van der Waals surface area contributed by atoms with Gasteiger partial charge >= 0.3 is 0 Å². The summed E-state index contributed by atoms with van der Waals surface area (Å²) in [6.45, 7) is 4.99. The van der Waals surface area contributed by atoms with Crippen LogP contribution in [0.4, 0.5) is 5.82 Å². The van der Waals surface area contributed by atoms with E-state index >= 15 is 0 Å². The quantitative estimate of drug-likeness (QED) is 0.785. The second-order valence-corrected chi connectivity index (χ2v) is 4.45. The summed E-state index contributed by atoms with van der Waals surface area (Å²) in [4.78, 5) is 9.95. The fourth-order valence-corrected chi connectivity index (χ4v) is 1.77. The second-order valence-electron chi connectivity index (χ2n) is 4.45. The van der Waals surface area contributed by atoms with E-state index in [0.717, 1.165) is 0 Å². The van der Waals surface area contributed by atoms with Crippen LogP contribution in [0.15, 0.2) is 12.4 Å². The summed E-state index contributed by atoms with van der Waals surface area (Å²) in [5, 5.41) is 19.0. The zero-order valence-corrected chi connectivity index (χ0v) is 9.38. The van der Waals surface area contributed by atoms with Crippen molar-refractivity contribution >= 4 is 5.82 Å². The summed E-state index contributed by atoms with van der Waals surface area (Å²) in [6, 6.07) is 2.00. The molecule has 0 bridgehead atoms. The van der Waals surface area contributed by atoms with Crippen LogP contribution in [-0.2, 0) is 0 Å². The Balaban J connectivity index is 2.16. The van der Waals surface area contributed by atoms with Crippen LogP contribution in [0.2, 0.25) is 0 Å². The van der Waals surface area contributed by atoms with E-state index in [9.17, 15) is 5.11 Å². The molecule has 84 valence electrons. The molecule has 1 aromatic heterocycles. The molecule has 0 aliphatic carbocycles. The van der Waals surface area contributed by atoms with Crippen molar-refractivity contribution in [3.63, 3.8) is 0 Å². The maximum absolute atomic E-state index is 10.1. The predicted octanol–water partition coefficient (Wildman–Crippen LogP) is 0.555. The molecule has 0 radical (unpaired) electrons. The van der Waals surface area contributed by atoms with Gasteiger partial charge in [-0.25, -0.2) is 9.97 Å². The third-order valence-electron chi connectivity index (χ3n) is 3.09. The summed E-state index contributed by atoms with van der Waals surface area (Å²) in [6.07, 6.45) is 3.05. The van der Waals surface area contributed by atoms with E-state index in [4.69, 9.17) is 5.26 Å². The maximum Gasteiger partial charge on any atom is 0.183 e. The highest BCUT2D eigenvalue weighted by Gasteiger charge is 2.44. The van der Waals surface area contributed by atoms with E-state index in [1.165, 1.54) is 6.20 Å². The van der Waals surface area contributed by atoms with Gasteiger partial charge in [-0.3, -0.25) is 0 Å². The topological polar surface area (TPSA) is 73.0 Å². The molecule has 1 saturated heterocycles. The van der Waals surface area contributed by atoms with E-state index in [-0.39, 0.29) is 5.92 Å². The van der Waals surface area contributed by atoms with Crippen molar-refractivity contribution in [2.75, 3.05) is 18.0 Å². The normalized spacial score (nSPS) is 18.1. The first-order chi connectivity index (χ1) is 7.57. The standard InChI is InChI=1S/C11H14N4O/c1-8(2)11(16)6-15(7-11)10-9(5-12)13-3-4-14-10/h3-4,8,16H,6-7H2,1-2H3. The van der Waals surface area contributed by atoms with Crippen LogP contribution in [0, 0.1) is 17.2 Å². The van der Waals surface area contributed by atoms with Crippen LogP contribution in [0.25, 0.3) is 0 Å². The molecule has 1 fully saturated rings. The molecule has 2 rings (SSSR count). The minimum Gasteiger partial charge on any atom is -0.386 e. The fraction of sp³-hybridized carbons (Fsp3) is 0.545. The van der Waals surface area contributed by atoms with Gasteiger partial charge in [0.05, 0.1) is 13.1 Å². The lowest BCUT2D eigenvalue weighted by Crippen LogP contribution is -2.65. The summed E-state index contributed by atoms with van der Waals surface area (Å²) >= 11 is 0. The Morgan fingerprint density at radius 1 is 1.44 bits per heavy atom. The van der Waals surface area contributed by atoms with Gasteiger partial charge in [-0.05, 0) is 5.92 Å². The van der Waals surface area contributed by atoms with E-state index in [0.29, 0.717) is 24.6 Å². The van der Waals surface area contributed by atoms with Gasteiger partial charge in [-0.2, -0.15) is 5.26 Å². The summed E-state index contributed by atoms with van der Waals surface area (Å²) in [5.41, 5.74) is -0.349. The number of rotatable bonds is 2. The first-order valence-corrected chi connectivity index (χ1v) is 5.25. The Morgan fingerprint density at radius 3 is 2.62 bits per heavy atom. The van der Waals surface area contributed by atoms with Gasteiger partial charge in [0.15, 0.2) is 11.5 Å². The molecule has 0 saturated carbocycles. The molecule has 5 heteroatoms. The molecule has 5 nitrogen and oxygen atoms in total. The monoisotopic (exact) mass is 218 g/mol. The highest BCUT2D eigenvalue weighted by molar-refractivity contribution is 5.52. The number of nitrogens with zero attached hydrogens (tertiary/aromatic N) is 4. The maximum atomic E-state index is 10.1. The minimum absolute atomic E-state index is 0.200. The molecule has 1 aromatic rings. The van der Waals surface area contributed by atoms with Crippen molar-refractivity contribution in [1.82, 2.24) is 9.97 Å². The molecular weight excluding hydrogens is 204 g/mol. The van der Waals surface area contributed by atoms with Gasteiger partial charge in [-0.1, -0.05) is 13.8 Å². The molecule has 0 unspecified atom stereocenters. The smallest absolute Gasteiger partial charge is 0.183 e. The minimum atomic E-state index is -0.662. The number of β-amino-alcohol motifs (C(OH)–C–C–N with tert-alkyl or cyclic N) is 1. The van der Waals surface area contributed by atoms with Crippen molar-refractivity contribution in [2.24, 2.45) is 5.92 Å². The average molecular weight is 218 g/mol.